The van der Waals surface area contributed by atoms with Gasteiger partial charge in [-0.2, -0.15) is 5.10 Å². The van der Waals surface area contributed by atoms with E-state index in [0.29, 0.717) is 5.92 Å². The number of hydrogen-bond donors (Lipinski definition) is 1. The third-order valence-electron chi connectivity index (χ3n) is 2.96. The lowest BCUT2D eigenvalue weighted by atomic mass is 10.1. The molecule has 0 unspecified atom stereocenters. The molecule has 3 heteroatoms. The number of aromatic nitrogens is 2. The smallest absolute Gasteiger partial charge is 0.0677 e. The van der Waals surface area contributed by atoms with E-state index in [0.717, 1.165) is 5.69 Å². The summed E-state index contributed by atoms with van der Waals surface area (Å²) >= 11 is 0. The van der Waals surface area contributed by atoms with Crippen molar-refractivity contribution in [3.05, 3.63) is 18.0 Å². The number of nitrogens with zero attached hydrogens (tertiary/aromatic N) is 2. The van der Waals surface area contributed by atoms with Crippen molar-refractivity contribution >= 4 is 0 Å². The van der Waals surface area contributed by atoms with E-state index >= 15 is 0 Å². The molecular formula is C9H15N3. The van der Waals surface area contributed by atoms with Gasteiger partial charge in [0.15, 0.2) is 0 Å². The van der Waals surface area contributed by atoms with E-state index in [1.807, 2.05) is 17.9 Å². The van der Waals surface area contributed by atoms with Gasteiger partial charge in [-0.15, -0.1) is 0 Å². The predicted octanol–water partition coefficient (Wildman–Crippen LogP) is 0.871. The summed E-state index contributed by atoms with van der Waals surface area (Å²) in [5, 5.41) is 4.36. The molecule has 12 heavy (non-hydrogen) atoms. The summed E-state index contributed by atoms with van der Waals surface area (Å²) in [5.41, 5.74) is 7.31. The van der Waals surface area contributed by atoms with Crippen LogP contribution in [-0.2, 0) is 7.05 Å². The van der Waals surface area contributed by atoms with Crippen molar-refractivity contribution in [2.45, 2.75) is 25.8 Å². The summed E-state index contributed by atoms with van der Waals surface area (Å²) in [6.45, 7) is 4.38. The Bertz CT molecular complexity index is 300. The second kappa shape index (κ2) is 2.10. The highest BCUT2D eigenvalue weighted by molar-refractivity contribution is 5.27. The van der Waals surface area contributed by atoms with Crippen molar-refractivity contribution in [3.8, 4) is 0 Å². The molecule has 1 aliphatic rings. The van der Waals surface area contributed by atoms with Gasteiger partial charge < -0.3 is 5.73 Å². The van der Waals surface area contributed by atoms with E-state index in [-0.39, 0.29) is 11.5 Å². The van der Waals surface area contributed by atoms with Crippen LogP contribution >= 0.6 is 0 Å². The van der Waals surface area contributed by atoms with E-state index < -0.39 is 0 Å². The maximum Gasteiger partial charge on any atom is 0.0677 e. The zero-order valence-electron chi connectivity index (χ0n) is 7.78. The minimum absolute atomic E-state index is 0.244. The van der Waals surface area contributed by atoms with Gasteiger partial charge in [-0.25, -0.2) is 0 Å². The summed E-state index contributed by atoms with van der Waals surface area (Å²) < 4.78 is 1.83. The van der Waals surface area contributed by atoms with Crippen LogP contribution in [0.5, 0.6) is 0 Å². The van der Waals surface area contributed by atoms with Gasteiger partial charge in [0.25, 0.3) is 0 Å². The van der Waals surface area contributed by atoms with E-state index in [1.165, 1.54) is 0 Å². The minimum atomic E-state index is 0.244. The number of aryl methyl sites for hydroxylation is 1. The Morgan fingerprint density at radius 3 is 2.50 bits per heavy atom. The first kappa shape index (κ1) is 7.80. The van der Waals surface area contributed by atoms with Gasteiger partial charge in [0.2, 0.25) is 0 Å². The SMILES string of the molecule is Cn1ccc([C@@H]2[C@@H](N)C2(C)C)n1. The van der Waals surface area contributed by atoms with Crippen molar-refractivity contribution in [2.24, 2.45) is 18.2 Å². The number of hydrogen-bond acceptors (Lipinski definition) is 2. The van der Waals surface area contributed by atoms with Crippen LogP contribution in [0.3, 0.4) is 0 Å². The van der Waals surface area contributed by atoms with Crippen LogP contribution < -0.4 is 5.73 Å². The number of rotatable bonds is 1. The summed E-state index contributed by atoms with van der Waals surface area (Å²) in [6.07, 6.45) is 1.97. The fraction of sp³-hybridized carbons (Fsp3) is 0.667. The van der Waals surface area contributed by atoms with Crippen LogP contribution in [0.4, 0.5) is 0 Å². The van der Waals surface area contributed by atoms with E-state index in [9.17, 15) is 0 Å². The van der Waals surface area contributed by atoms with Gasteiger partial charge in [0.1, 0.15) is 0 Å². The highest BCUT2D eigenvalue weighted by Gasteiger charge is 2.57. The van der Waals surface area contributed by atoms with Crippen LogP contribution in [0.2, 0.25) is 0 Å². The molecule has 2 rings (SSSR count). The first-order valence-electron chi connectivity index (χ1n) is 4.28. The summed E-state index contributed by atoms with van der Waals surface area (Å²) in [4.78, 5) is 0. The molecule has 0 aromatic carbocycles. The van der Waals surface area contributed by atoms with Gasteiger partial charge in [0.05, 0.1) is 5.69 Å². The Balaban J connectivity index is 2.24. The molecule has 1 aromatic heterocycles. The molecule has 0 amide bonds. The Labute approximate surface area is 72.6 Å². The fourth-order valence-electron chi connectivity index (χ4n) is 1.84. The molecule has 0 aliphatic heterocycles. The topological polar surface area (TPSA) is 43.8 Å². The van der Waals surface area contributed by atoms with Crippen LogP contribution in [0.15, 0.2) is 12.3 Å². The van der Waals surface area contributed by atoms with Crippen LogP contribution in [0, 0.1) is 5.41 Å². The Morgan fingerprint density at radius 1 is 1.58 bits per heavy atom. The lowest BCUT2D eigenvalue weighted by molar-refractivity contribution is 0.591. The lowest BCUT2D eigenvalue weighted by Crippen LogP contribution is -2.06. The van der Waals surface area contributed by atoms with Crippen LogP contribution in [-0.4, -0.2) is 15.8 Å². The van der Waals surface area contributed by atoms with Gasteiger partial charge in [-0.05, 0) is 11.5 Å². The molecule has 2 N–H and O–H groups in total. The molecule has 0 spiro atoms. The Morgan fingerprint density at radius 2 is 2.17 bits per heavy atom. The summed E-state index contributed by atoms with van der Waals surface area (Å²) in [7, 11) is 1.93. The monoisotopic (exact) mass is 165 g/mol. The second-order valence-corrected chi connectivity index (χ2v) is 4.24. The zero-order chi connectivity index (χ0) is 8.93. The molecule has 3 nitrogen and oxygen atoms in total. The van der Waals surface area contributed by atoms with Crippen molar-refractivity contribution in [3.63, 3.8) is 0 Å². The standard InChI is InChI=1S/C9H15N3/c1-9(2)7(8(9)10)6-4-5-12(3)11-6/h4-5,7-8H,10H2,1-3H3/t7-,8-/m1/s1. The van der Waals surface area contributed by atoms with Crippen molar-refractivity contribution in [1.82, 2.24) is 9.78 Å². The van der Waals surface area contributed by atoms with E-state index in [1.54, 1.807) is 0 Å². The largest absolute Gasteiger partial charge is 0.327 e. The maximum absolute atomic E-state index is 5.94. The first-order chi connectivity index (χ1) is 5.53. The molecule has 66 valence electrons. The highest BCUT2D eigenvalue weighted by atomic mass is 15.3. The summed E-state index contributed by atoms with van der Waals surface area (Å²) in [6, 6.07) is 2.34. The molecule has 0 bridgehead atoms. The average Bonchev–Trinajstić information content (AvgIpc) is 2.38. The quantitative estimate of drug-likeness (QED) is 0.671. The van der Waals surface area contributed by atoms with E-state index in [4.69, 9.17) is 5.73 Å². The van der Waals surface area contributed by atoms with Gasteiger partial charge in [-0.3, -0.25) is 4.68 Å². The van der Waals surface area contributed by atoms with E-state index in [2.05, 4.69) is 25.0 Å². The fourth-order valence-corrected chi connectivity index (χ4v) is 1.84. The van der Waals surface area contributed by atoms with Crippen molar-refractivity contribution in [1.29, 1.82) is 0 Å². The second-order valence-electron chi connectivity index (χ2n) is 4.24. The van der Waals surface area contributed by atoms with Gasteiger partial charge in [0, 0.05) is 25.2 Å². The molecule has 1 heterocycles. The highest BCUT2D eigenvalue weighted by Crippen LogP contribution is 2.56. The minimum Gasteiger partial charge on any atom is -0.327 e. The lowest BCUT2D eigenvalue weighted by Gasteiger charge is -1.97. The normalized spacial score (nSPS) is 32.0. The number of nitrogens with two attached hydrogens (primary N) is 1. The Kier molecular flexibility index (Phi) is 1.37. The molecule has 0 saturated heterocycles. The predicted molar refractivity (Wildman–Crippen MR) is 47.7 cm³/mol. The van der Waals surface area contributed by atoms with Gasteiger partial charge >= 0.3 is 0 Å². The third-order valence-corrected chi connectivity index (χ3v) is 2.96. The van der Waals surface area contributed by atoms with Crippen molar-refractivity contribution in [2.75, 3.05) is 0 Å². The molecule has 1 aromatic rings. The van der Waals surface area contributed by atoms with Crippen LogP contribution in [0.25, 0.3) is 0 Å². The molecule has 1 saturated carbocycles. The molecule has 1 aliphatic carbocycles. The van der Waals surface area contributed by atoms with Gasteiger partial charge in [-0.1, -0.05) is 13.8 Å². The molecule has 1 fully saturated rings. The zero-order valence-corrected chi connectivity index (χ0v) is 7.78. The third kappa shape index (κ3) is 0.894. The Hall–Kier alpha value is -0.830. The molecular weight excluding hydrogens is 150 g/mol. The first-order valence-corrected chi connectivity index (χ1v) is 4.28. The van der Waals surface area contributed by atoms with Crippen molar-refractivity contribution < 1.29 is 0 Å². The molecule has 0 radical (unpaired) electrons. The van der Waals surface area contributed by atoms with Crippen LogP contribution in [0.1, 0.15) is 25.5 Å². The average molecular weight is 165 g/mol. The summed E-state index contributed by atoms with van der Waals surface area (Å²) in [5.74, 6) is 0.457. The maximum atomic E-state index is 5.94. The molecule has 2 atom stereocenters.